The summed E-state index contributed by atoms with van der Waals surface area (Å²) in [7, 11) is 2.69. The van der Waals surface area contributed by atoms with Crippen LogP contribution in [0.1, 0.15) is 42.6 Å². The Morgan fingerprint density at radius 2 is 1.11 bits per heavy atom. The molecule has 37 heavy (non-hydrogen) atoms. The molecule has 4 rings (SSSR count). The summed E-state index contributed by atoms with van der Waals surface area (Å²) in [5, 5.41) is 0. The number of ether oxygens (including phenoxy) is 3. The van der Waals surface area contributed by atoms with Gasteiger partial charge in [0.05, 0.1) is 31.3 Å². The molecular formula is C31H31NO5. The predicted molar refractivity (Wildman–Crippen MR) is 141 cm³/mol. The van der Waals surface area contributed by atoms with Crippen LogP contribution in [0.5, 0.6) is 0 Å². The molecule has 3 aromatic carbocycles. The smallest absolute Gasteiger partial charge is 0.336 e. The van der Waals surface area contributed by atoms with Crippen LogP contribution >= 0.6 is 0 Å². The van der Waals surface area contributed by atoms with Crippen LogP contribution in [-0.4, -0.2) is 37.8 Å². The van der Waals surface area contributed by atoms with Crippen LogP contribution in [0.2, 0.25) is 0 Å². The van der Waals surface area contributed by atoms with E-state index in [2.05, 4.69) is 0 Å². The first-order valence-electron chi connectivity index (χ1n) is 12.1. The van der Waals surface area contributed by atoms with Gasteiger partial charge in [0.25, 0.3) is 0 Å². The number of allylic oxidation sites excluding steroid dienone is 2. The Morgan fingerprint density at radius 3 is 1.51 bits per heavy atom. The number of hydrogen-bond acceptors (Lipinski definition) is 6. The summed E-state index contributed by atoms with van der Waals surface area (Å²) >= 11 is 0. The summed E-state index contributed by atoms with van der Waals surface area (Å²) in [4.78, 5) is 28.1. The summed E-state index contributed by atoms with van der Waals surface area (Å²) in [5.74, 6) is -1.64. The molecule has 1 aliphatic heterocycles. The van der Waals surface area contributed by atoms with E-state index in [0.29, 0.717) is 22.5 Å². The first-order chi connectivity index (χ1) is 18.0. The maximum Gasteiger partial charge on any atom is 0.336 e. The lowest BCUT2D eigenvalue weighted by molar-refractivity contribution is -0.137. The molecule has 0 saturated heterocycles. The lowest BCUT2D eigenvalue weighted by atomic mass is 9.80. The lowest BCUT2D eigenvalue weighted by Gasteiger charge is -2.38. The maximum absolute atomic E-state index is 13.1. The Morgan fingerprint density at radius 1 is 0.703 bits per heavy atom. The standard InChI is InChI=1S/C31H31NO5/c1-21-26(30(33)35-3)28(23-14-8-5-9-15-23)27(31(34)36-4)22(2)32(21)20-37-29(24-16-10-6-11-17-24)25-18-12-7-13-19-25/h5-19,28-29H,20H2,1-4H3. The van der Waals surface area contributed by atoms with Crippen LogP contribution in [0.15, 0.2) is 114 Å². The van der Waals surface area contributed by atoms with Gasteiger partial charge in [-0.3, -0.25) is 0 Å². The molecule has 0 N–H and O–H groups in total. The van der Waals surface area contributed by atoms with E-state index in [4.69, 9.17) is 14.2 Å². The Balaban J connectivity index is 1.79. The number of nitrogens with zero attached hydrogens (tertiary/aromatic N) is 1. The molecule has 190 valence electrons. The van der Waals surface area contributed by atoms with Crippen LogP contribution in [0.4, 0.5) is 0 Å². The molecule has 0 radical (unpaired) electrons. The lowest BCUT2D eigenvalue weighted by Crippen LogP contribution is -2.36. The summed E-state index contributed by atoms with van der Waals surface area (Å²) in [6.07, 6.45) is -0.349. The maximum atomic E-state index is 13.1. The minimum atomic E-state index is -0.628. The van der Waals surface area contributed by atoms with E-state index in [9.17, 15) is 9.59 Å². The Kier molecular flexibility index (Phi) is 8.21. The van der Waals surface area contributed by atoms with Crippen molar-refractivity contribution in [3.63, 3.8) is 0 Å². The first-order valence-corrected chi connectivity index (χ1v) is 12.1. The quantitative estimate of drug-likeness (QED) is 0.370. The molecule has 0 aromatic heterocycles. The monoisotopic (exact) mass is 497 g/mol. The van der Waals surface area contributed by atoms with Gasteiger partial charge in [-0.2, -0.15) is 0 Å². The molecule has 6 heteroatoms. The highest BCUT2D eigenvalue weighted by Crippen LogP contribution is 2.43. The fourth-order valence-electron chi connectivity index (χ4n) is 4.82. The molecular weight excluding hydrogens is 466 g/mol. The van der Waals surface area contributed by atoms with Gasteiger partial charge in [0, 0.05) is 11.4 Å². The highest BCUT2D eigenvalue weighted by atomic mass is 16.5. The number of benzene rings is 3. The van der Waals surface area contributed by atoms with Gasteiger partial charge < -0.3 is 19.1 Å². The van der Waals surface area contributed by atoms with Crippen molar-refractivity contribution in [1.29, 1.82) is 0 Å². The Bertz CT molecular complexity index is 1220. The molecule has 0 unspecified atom stereocenters. The minimum Gasteiger partial charge on any atom is -0.466 e. The van der Waals surface area contributed by atoms with Crippen molar-refractivity contribution in [1.82, 2.24) is 4.90 Å². The summed E-state index contributed by atoms with van der Waals surface area (Å²) in [5.41, 5.74) is 4.86. The van der Waals surface area contributed by atoms with Crippen molar-refractivity contribution < 1.29 is 23.8 Å². The van der Waals surface area contributed by atoms with Crippen LogP contribution in [0, 0.1) is 0 Å². The third-order valence-corrected chi connectivity index (χ3v) is 6.69. The molecule has 1 aliphatic rings. The number of hydrogen-bond donors (Lipinski definition) is 0. The van der Waals surface area contributed by atoms with Crippen molar-refractivity contribution in [2.45, 2.75) is 25.9 Å². The van der Waals surface area contributed by atoms with E-state index >= 15 is 0 Å². The van der Waals surface area contributed by atoms with Crippen LogP contribution in [0.25, 0.3) is 0 Å². The third kappa shape index (κ3) is 5.34. The molecule has 0 aliphatic carbocycles. The number of methoxy groups -OCH3 is 2. The molecule has 0 spiro atoms. The molecule has 0 bridgehead atoms. The van der Waals surface area contributed by atoms with Crippen molar-refractivity contribution in [2.75, 3.05) is 21.0 Å². The summed E-state index contributed by atoms with van der Waals surface area (Å²) in [6, 6.07) is 29.3. The highest BCUT2D eigenvalue weighted by Gasteiger charge is 2.40. The Labute approximate surface area is 217 Å². The van der Waals surface area contributed by atoms with Crippen molar-refractivity contribution in [3.8, 4) is 0 Å². The first kappa shape index (κ1) is 25.9. The van der Waals surface area contributed by atoms with Gasteiger partial charge >= 0.3 is 11.9 Å². The van der Waals surface area contributed by atoms with E-state index in [-0.39, 0.29) is 12.8 Å². The Hall–Kier alpha value is -4.16. The summed E-state index contributed by atoms with van der Waals surface area (Å²) in [6.45, 7) is 3.81. The van der Waals surface area contributed by atoms with Gasteiger partial charge in [-0.25, -0.2) is 9.59 Å². The largest absolute Gasteiger partial charge is 0.466 e. The molecule has 0 atom stereocenters. The fourth-order valence-corrected chi connectivity index (χ4v) is 4.82. The van der Waals surface area contributed by atoms with Gasteiger partial charge in [-0.15, -0.1) is 0 Å². The average Bonchev–Trinajstić information content (AvgIpc) is 2.95. The summed E-state index contributed by atoms with van der Waals surface area (Å²) < 4.78 is 16.9. The average molecular weight is 498 g/mol. The minimum absolute atomic E-state index is 0.106. The second-order valence-corrected chi connectivity index (χ2v) is 8.75. The molecule has 0 amide bonds. The van der Waals surface area contributed by atoms with Crippen LogP contribution in [0.3, 0.4) is 0 Å². The van der Waals surface area contributed by atoms with Gasteiger partial charge in [0.1, 0.15) is 12.8 Å². The predicted octanol–water partition coefficient (Wildman–Crippen LogP) is 5.74. The highest BCUT2D eigenvalue weighted by molar-refractivity contribution is 5.99. The fraction of sp³-hybridized carbons (Fsp3) is 0.226. The number of carbonyl (C=O) groups excluding carboxylic acids is 2. The molecule has 0 saturated carbocycles. The molecule has 1 heterocycles. The molecule has 3 aromatic rings. The van der Waals surface area contributed by atoms with Gasteiger partial charge in [0.15, 0.2) is 0 Å². The van der Waals surface area contributed by atoms with Gasteiger partial charge in [-0.05, 0) is 30.5 Å². The van der Waals surface area contributed by atoms with E-state index in [0.717, 1.165) is 16.7 Å². The zero-order valence-electron chi connectivity index (χ0n) is 21.5. The number of esters is 2. The van der Waals surface area contributed by atoms with E-state index < -0.39 is 17.9 Å². The number of rotatable bonds is 8. The zero-order valence-corrected chi connectivity index (χ0v) is 21.5. The zero-order chi connectivity index (χ0) is 26.4. The van der Waals surface area contributed by atoms with Crippen LogP contribution in [-0.2, 0) is 23.8 Å². The molecule has 6 nitrogen and oxygen atoms in total. The second kappa shape index (κ2) is 11.7. The van der Waals surface area contributed by atoms with E-state index in [1.54, 1.807) is 0 Å². The normalized spacial score (nSPS) is 14.2. The van der Waals surface area contributed by atoms with Crippen molar-refractivity contribution in [3.05, 3.63) is 130 Å². The number of carbonyl (C=O) groups is 2. The molecule has 0 fully saturated rings. The van der Waals surface area contributed by atoms with Crippen molar-refractivity contribution in [2.24, 2.45) is 0 Å². The third-order valence-electron chi connectivity index (χ3n) is 6.69. The topological polar surface area (TPSA) is 65.1 Å². The van der Waals surface area contributed by atoms with Crippen LogP contribution < -0.4 is 0 Å². The van der Waals surface area contributed by atoms with Gasteiger partial charge in [0.2, 0.25) is 0 Å². The van der Waals surface area contributed by atoms with E-state index in [1.807, 2.05) is 110 Å². The van der Waals surface area contributed by atoms with Crippen molar-refractivity contribution >= 4 is 11.9 Å². The van der Waals surface area contributed by atoms with E-state index in [1.165, 1.54) is 14.2 Å². The second-order valence-electron chi connectivity index (χ2n) is 8.75. The van der Waals surface area contributed by atoms with Gasteiger partial charge in [-0.1, -0.05) is 91.0 Å². The SMILES string of the molecule is COC(=O)C1=C(C)N(COC(c2ccccc2)c2ccccc2)C(C)=C(C(=O)OC)C1c1ccccc1.